The summed E-state index contributed by atoms with van der Waals surface area (Å²) in [6.45, 7) is 3.95. The van der Waals surface area contributed by atoms with Gasteiger partial charge in [0, 0.05) is 22.6 Å². The second-order valence-corrected chi connectivity index (χ2v) is 5.90. The molecule has 116 valence electrons. The highest BCUT2D eigenvalue weighted by Crippen LogP contribution is 2.35. The van der Waals surface area contributed by atoms with Gasteiger partial charge >= 0.3 is 5.97 Å². The number of ether oxygens (including phenoxy) is 1. The summed E-state index contributed by atoms with van der Waals surface area (Å²) in [4.78, 5) is 15.5. The lowest BCUT2D eigenvalue weighted by Crippen LogP contribution is -2.15. The molecule has 0 saturated carbocycles. The Morgan fingerprint density at radius 2 is 2.00 bits per heavy atom. The predicted molar refractivity (Wildman–Crippen MR) is 87.3 cm³/mol. The van der Waals surface area contributed by atoms with Gasteiger partial charge in [-0.15, -0.1) is 0 Å². The Bertz CT molecular complexity index is 703. The number of carbonyl (C=O) groups excluding carboxylic acids is 1. The predicted octanol–water partition coefficient (Wildman–Crippen LogP) is 3.91. The summed E-state index contributed by atoms with van der Waals surface area (Å²) >= 11 is 0. The molecule has 1 atom stereocenters. The van der Waals surface area contributed by atoms with E-state index in [4.69, 9.17) is 4.74 Å². The second kappa shape index (κ2) is 5.87. The summed E-state index contributed by atoms with van der Waals surface area (Å²) < 4.78 is 4.98. The summed E-state index contributed by atoms with van der Waals surface area (Å²) in [6, 6.07) is 8.53. The van der Waals surface area contributed by atoms with E-state index in [0.717, 1.165) is 36.2 Å². The minimum atomic E-state index is -0.267. The maximum Gasteiger partial charge on any atom is 0.340 e. The van der Waals surface area contributed by atoms with Crippen LogP contribution in [0.15, 0.2) is 24.3 Å². The number of aromatic amines is 1. The first-order valence-corrected chi connectivity index (χ1v) is 7.73. The third-order valence-corrected chi connectivity index (χ3v) is 4.45. The lowest BCUT2D eigenvalue weighted by molar-refractivity contribution is 0.0598. The molecule has 4 nitrogen and oxygen atoms in total. The number of aromatic nitrogens is 1. The summed E-state index contributed by atoms with van der Waals surface area (Å²) in [5.41, 5.74) is 6.14. The first kappa shape index (κ1) is 14.7. The lowest BCUT2D eigenvalue weighted by atomic mass is 9.97. The van der Waals surface area contributed by atoms with Gasteiger partial charge in [-0.1, -0.05) is 18.2 Å². The van der Waals surface area contributed by atoms with E-state index >= 15 is 0 Å². The molecule has 1 unspecified atom stereocenters. The van der Waals surface area contributed by atoms with Crippen LogP contribution in [0.5, 0.6) is 0 Å². The number of carbonyl (C=O) groups is 1. The van der Waals surface area contributed by atoms with Crippen LogP contribution in [0.3, 0.4) is 0 Å². The summed E-state index contributed by atoms with van der Waals surface area (Å²) in [6.07, 6.45) is 3.16. The average molecular weight is 298 g/mol. The number of para-hydroxylation sites is 1. The molecule has 0 radical (unpaired) electrons. The molecule has 0 amide bonds. The lowest BCUT2D eigenvalue weighted by Gasteiger charge is -2.20. The van der Waals surface area contributed by atoms with Crippen molar-refractivity contribution in [3.05, 3.63) is 52.3 Å². The van der Waals surface area contributed by atoms with Crippen molar-refractivity contribution >= 4 is 11.7 Å². The van der Waals surface area contributed by atoms with Gasteiger partial charge in [-0.3, -0.25) is 0 Å². The Morgan fingerprint density at radius 1 is 1.23 bits per heavy atom. The van der Waals surface area contributed by atoms with Crippen LogP contribution >= 0.6 is 0 Å². The molecule has 1 aliphatic heterocycles. The smallest absolute Gasteiger partial charge is 0.340 e. The zero-order valence-electron chi connectivity index (χ0n) is 13.3. The van der Waals surface area contributed by atoms with Crippen molar-refractivity contribution in [2.75, 3.05) is 12.4 Å². The van der Waals surface area contributed by atoms with Crippen molar-refractivity contribution in [1.82, 2.24) is 4.98 Å². The van der Waals surface area contributed by atoms with Gasteiger partial charge in [-0.05, 0) is 44.7 Å². The highest BCUT2D eigenvalue weighted by molar-refractivity contribution is 5.93. The van der Waals surface area contributed by atoms with Crippen LogP contribution in [0.1, 0.15) is 51.8 Å². The SMILES string of the molecule is COC(=O)c1c(C)[nH]c(C)c1C1CCCc2ccccc2N1. The van der Waals surface area contributed by atoms with Crippen LogP contribution in [-0.2, 0) is 11.2 Å². The Hall–Kier alpha value is -2.23. The van der Waals surface area contributed by atoms with Crippen molar-refractivity contribution in [2.24, 2.45) is 0 Å². The average Bonchev–Trinajstić information content (AvgIpc) is 2.70. The molecule has 2 N–H and O–H groups in total. The van der Waals surface area contributed by atoms with Gasteiger partial charge < -0.3 is 15.0 Å². The second-order valence-electron chi connectivity index (χ2n) is 5.90. The molecule has 22 heavy (non-hydrogen) atoms. The third-order valence-electron chi connectivity index (χ3n) is 4.45. The minimum Gasteiger partial charge on any atom is -0.465 e. The highest BCUT2D eigenvalue weighted by Gasteiger charge is 2.27. The van der Waals surface area contributed by atoms with E-state index in [0.29, 0.717) is 5.56 Å². The number of methoxy groups -OCH3 is 1. The standard InChI is InChI=1S/C18H22N2O2/c1-11-16(17(12(2)19-11)18(21)22-3)15-10-6-8-13-7-4-5-9-14(13)20-15/h4-5,7,9,15,19-20H,6,8,10H2,1-3H3. The number of hydrogen-bond acceptors (Lipinski definition) is 3. The summed E-state index contributed by atoms with van der Waals surface area (Å²) in [5.74, 6) is -0.267. The van der Waals surface area contributed by atoms with Crippen LogP contribution < -0.4 is 5.32 Å². The molecule has 2 aromatic rings. The Morgan fingerprint density at radius 3 is 2.77 bits per heavy atom. The van der Waals surface area contributed by atoms with Crippen LogP contribution in [0, 0.1) is 13.8 Å². The van der Waals surface area contributed by atoms with E-state index in [1.54, 1.807) is 0 Å². The van der Waals surface area contributed by atoms with Crippen LogP contribution in [0.4, 0.5) is 5.69 Å². The van der Waals surface area contributed by atoms with E-state index in [9.17, 15) is 4.79 Å². The van der Waals surface area contributed by atoms with Crippen molar-refractivity contribution in [3.8, 4) is 0 Å². The molecular formula is C18H22N2O2. The molecule has 0 bridgehead atoms. The van der Waals surface area contributed by atoms with Crippen LogP contribution in [0.25, 0.3) is 0 Å². The molecule has 4 heteroatoms. The molecule has 0 aliphatic carbocycles. The Kier molecular flexibility index (Phi) is 3.92. The number of benzene rings is 1. The fourth-order valence-corrected chi connectivity index (χ4v) is 3.45. The maximum atomic E-state index is 12.2. The zero-order chi connectivity index (χ0) is 15.7. The molecular weight excluding hydrogens is 276 g/mol. The number of rotatable bonds is 2. The van der Waals surface area contributed by atoms with Crippen LogP contribution in [-0.4, -0.2) is 18.1 Å². The number of fused-ring (bicyclic) bond motifs is 1. The maximum absolute atomic E-state index is 12.2. The van der Waals surface area contributed by atoms with E-state index in [-0.39, 0.29) is 12.0 Å². The molecule has 1 aromatic heterocycles. The first-order valence-electron chi connectivity index (χ1n) is 7.73. The van der Waals surface area contributed by atoms with E-state index < -0.39 is 0 Å². The first-order chi connectivity index (χ1) is 10.6. The normalized spacial score (nSPS) is 17.3. The monoisotopic (exact) mass is 298 g/mol. The quantitative estimate of drug-likeness (QED) is 0.827. The molecule has 0 spiro atoms. The number of H-pyrrole nitrogens is 1. The van der Waals surface area contributed by atoms with Gasteiger partial charge in [-0.2, -0.15) is 0 Å². The topological polar surface area (TPSA) is 54.1 Å². The Balaban J connectivity index is 2.03. The van der Waals surface area contributed by atoms with Crippen molar-refractivity contribution < 1.29 is 9.53 Å². The van der Waals surface area contributed by atoms with Crippen LogP contribution in [0.2, 0.25) is 0 Å². The molecule has 0 saturated heterocycles. The van der Waals surface area contributed by atoms with Crippen molar-refractivity contribution in [3.63, 3.8) is 0 Å². The summed E-state index contributed by atoms with van der Waals surface area (Å²) in [5, 5.41) is 3.62. The van der Waals surface area contributed by atoms with Crippen molar-refractivity contribution in [2.45, 2.75) is 39.2 Å². The fraction of sp³-hybridized carbons (Fsp3) is 0.389. The Labute approximate surface area is 130 Å². The fourth-order valence-electron chi connectivity index (χ4n) is 3.45. The molecule has 1 aliphatic rings. The number of esters is 1. The molecule has 2 heterocycles. The van der Waals surface area contributed by atoms with Gasteiger partial charge in [-0.25, -0.2) is 4.79 Å². The van der Waals surface area contributed by atoms with E-state index in [1.807, 2.05) is 19.9 Å². The van der Waals surface area contributed by atoms with Gasteiger partial charge in [0.1, 0.15) is 0 Å². The van der Waals surface area contributed by atoms with Crippen molar-refractivity contribution in [1.29, 1.82) is 0 Å². The van der Waals surface area contributed by atoms with Gasteiger partial charge in [0.25, 0.3) is 0 Å². The molecule has 3 rings (SSSR count). The number of hydrogen-bond donors (Lipinski definition) is 2. The highest BCUT2D eigenvalue weighted by atomic mass is 16.5. The molecule has 0 fully saturated rings. The van der Waals surface area contributed by atoms with Gasteiger partial charge in [0.2, 0.25) is 0 Å². The zero-order valence-corrected chi connectivity index (χ0v) is 13.3. The number of anilines is 1. The minimum absolute atomic E-state index is 0.127. The molecule has 1 aromatic carbocycles. The number of aryl methyl sites for hydroxylation is 3. The third kappa shape index (κ3) is 2.49. The van der Waals surface area contributed by atoms with E-state index in [1.165, 1.54) is 18.4 Å². The van der Waals surface area contributed by atoms with Gasteiger partial charge in [0.15, 0.2) is 0 Å². The largest absolute Gasteiger partial charge is 0.465 e. The van der Waals surface area contributed by atoms with E-state index in [2.05, 4.69) is 28.5 Å². The number of nitrogens with one attached hydrogen (secondary N) is 2. The summed E-state index contributed by atoms with van der Waals surface area (Å²) in [7, 11) is 1.43. The van der Waals surface area contributed by atoms with Gasteiger partial charge in [0.05, 0.1) is 18.7 Å².